The maximum absolute atomic E-state index is 15.1. The van der Waals surface area contributed by atoms with Crippen molar-refractivity contribution in [2.24, 2.45) is 11.8 Å². The zero-order valence-electron chi connectivity index (χ0n) is 24.7. The van der Waals surface area contributed by atoms with Crippen molar-refractivity contribution in [1.82, 2.24) is 9.80 Å². The van der Waals surface area contributed by atoms with Gasteiger partial charge in [-0.2, -0.15) is 0 Å². The summed E-state index contributed by atoms with van der Waals surface area (Å²) in [5.41, 5.74) is 3.44. The standard InChI is InChI=1S/C33H45FN2O4/c1-6-35(7-2)15-16-40-31-14-9-23(17-29(31)34)22-36(8-3)30-21-33(39-5)32(38-4)20-28(30)26-11-10-25-19-27(37)13-12-24(25)18-26/h9,12-14,17,19-21,26,28,30,37H,6-8,10-11,15-16,18,22H2,1-5H3/t26-,28?,30?/m1/s1. The highest BCUT2D eigenvalue weighted by Gasteiger charge is 2.37. The largest absolute Gasteiger partial charge is 0.508 e. The molecule has 0 saturated carbocycles. The van der Waals surface area contributed by atoms with Gasteiger partial charge in [-0.05, 0) is 97.9 Å². The zero-order chi connectivity index (χ0) is 28.6. The normalized spacial score (nSPS) is 20.6. The van der Waals surface area contributed by atoms with Crippen LogP contribution in [-0.4, -0.2) is 68.0 Å². The average molecular weight is 553 g/mol. The summed E-state index contributed by atoms with van der Waals surface area (Å²) in [5, 5.41) is 9.94. The van der Waals surface area contributed by atoms with Gasteiger partial charge in [-0.25, -0.2) is 4.39 Å². The van der Waals surface area contributed by atoms with Gasteiger partial charge in [0.15, 0.2) is 23.1 Å². The third-order valence-electron chi connectivity index (χ3n) is 8.51. The first-order chi connectivity index (χ1) is 19.4. The van der Waals surface area contributed by atoms with Gasteiger partial charge in [-0.15, -0.1) is 0 Å². The minimum Gasteiger partial charge on any atom is -0.508 e. The molecule has 7 heteroatoms. The monoisotopic (exact) mass is 552 g/mol. The minimum absolute atomic E-state index is 0.0653. The third-order valence-corrected chi connectivity index (χ3v) is 8.51. The molecular formula is C33H45FN2O4. The first-order valence-electron chi connectivity index (χ1n) is 14.6. The zero-order valence-corrected chi connectivity index (χ0v) is 24.7. The number of hydrogen-bond donors (Lipinski definition) is 1. The van der Waals surface area contributed by atoms with Crippen LogP contribution in [0.4, 0.5) is 4.39 Å². The topological polar surface area (TPSA) is 54.4 Å². The number of ether oxygens (including phenoxy) is 3. The SMILES string of the molecule is CCN(CC)CCOc1ccc(CN(CC)C2C=C(OC)C(OC)=CC2[C@@H]2CCc3cc(O)ccc3C2)cc1F. The Bertz CT molecular complexity index is 1190. The summed E-state index contributed by atoms with van der Waals surface area (Å²) in [4.78, 5) is 4.64. The molecule has 0 fully saturated rings. The minimum atomic E-state index is -0.324. The number of benzene rings is 2. The molecule has 0 aromatic heterocycles. The molecule has 6 nitrogen and oxygen atoms in total. The van der Waals surface area contributed by atoms with E-state index in [4.69, 9.17) is 14.2 Å². The Morgan fingerprint density at radius 2 is 1.68 bits per heavy atom. The van der Waals surface area contributed by atoms with Crippen LogP contribution in [0, 0.1) is 17.7 Å². The second-order valence-electron chi connectivity index (χ2n) is 10.7. The summed E-state index contributed by atoms with van der Waals surface area (Å²) in [6, 6.07) is 11.1. The first kappa shape index (κ1) is 29.9. The second kappa shape index (κ2) is 14.0. The van der Waals surface area contributed by atoms with Crippen LogP contribution in [0.2, 0.25) is 0 Å². The molecular weight excluding hydrogens is 507 g/mol. The summed E-state index contributed by atoms with van der Waals surface area (Å²) in [6.45, 7) is 10.9. The van der Waals surface area contributed by atoms with Crippen LogP contribution in [0.15, 0.2) is 60.1 Å². The maximum Gasteiger partial charge on any atom is 0.165 e. The van der Waals surface area contributed by atoms with Crippen molar-refractivity contribution in [2.45, 2.75) is 52.6 Å². The van der Waals surface area contributed by atoms with Gasteiger partial charge in [0.1, 0.15) is 12.4 Å². The van der Waals surface area contributed by atoms with E-state index in [0.717, 1.165) is 62.5 Å². The van der Waals surface area contributed by atoms with Gasteiger partial charge in [0.05, 0.1) is 14.2 Å². The molecule has 0 bridgehead atoms. The predicted octanol–water partition coefficient (Wildman–Crippen LogP) is 5.94. The number of phenolic OH excluding ortho intramolecular Hbond substituents is 1. The highest BCUT2D eigenvalue weighted by Crippen LogP contribution is 2.39. The predicted molar refractivity (Wildman–Crippen MR) is 157 cm³/mol. The van der Waals surface area contributed by atoms with Crippen LogP contribution in [0.1, 0.15) is 43.9 Å². The summed E-state index contributed by atoms with van der Waals surface area (Å²) in [7, 11) is 3.35. The number of phenols is 1. The second-order valence-corrected chi connectivity index (χ2v) is 10.7. The molecule has 2 aliphatic rings. The molecule has 0 heterocycles. The Morgan fingerprint density at radius 3 is 2.35 bits per heavy atom. The van der Waals surface area contributed by atoms with Crippen LogP contribution >= 0.6 is 0 Å². The molecule has 4 rings (SSSR count). The van der Waals surface area contributed by atoms with E-state index in [1.165, 1.54) is 11.1 Å². The molecule has 2 aliphatic carbocycles. The van der Waals surface area contributed by atoms with Crippen molar-refractivity contribution >= 4 is 0 Å². The lowest BCUT2D eigenvalue weighted by Crippen LogP contribution is -2.44. The smallest absolute Gasteiger partial charge is 0.165 e. The summed E-state index contributed by atoms with van der Waals surface area (Å²) < 4.78 is 32.3. The number of aryl methyl sites for hydroxylation is 1. The third kappa shape index (κ3) is 6.99. The lowest BCUT2D eigenvalue weighted by atomic mass is 9.72. The molecule has 0 saturated heterocycles. The molecule has 0 spiro atoms. The van der Waals surface area contributed by atoms with Gasteiger partial charge >= 0.3 is 0 Å². The van der Waals surface area contributed by atoms with E-state index in [1.807, 2.05) is 12.1 Å². The van der Waals surface area contributed by atoms with Gasteiger partial charge in [0.2, 0.25) is 0 Å². The summed E-state index contributed by atoms with van der Waals surface area (Å²) in [5.74, 6) is 2.38. The number of methoxy groups -OCH3 is 2. The summed E-state index contributed by atoms with van der Waals surface area (Å²) in [6.07, 6.45) is 7.27. The Kier molecular flexibility index (Phi) is 10.5. The maximum atomic E-state index is 15.1. The summed E-state index contributed by atoms with van der Waals surface area (Å²) >= 11 is 0. The lowest BCUT2D eigenvalue weighted by molar-refractivity contribution is 0.132. The number of nitrogens with zero attached hydrogens (tertiary/aromatic N) is 2. The Hall–Kier alpha value is -3.03. The van der Waals surface area contributed by atoms with E-state index in [-0.39, 0.29) is 17.8 Å². The number of rotatable bonds is 13. The van der Waals surface area contributed by atoms with Gasteiger partial charge < -0.3 is 24.2 Å². The molecule has 3 atom stereocenters. The fourth-order valence-corrected chi connectivity index (χ4v) is 6.15. The van der Waals surface area contributed by atoms with Crippen molar-refractivity contribution in [3.05, 3.63) is 82.6 Å². The van der Waals surface area contributed by atoms with Gasteiger partial charge in [-0.1, -0.05) is 32.9 Å². The van der Waals surface area contributed by atoms with E-state index >= 15 is 4.39 Å². The van der Waals surface area contributed by atoms with E-state index in [0.29, 0.717) is 30.6 Å². The Labute approximate surface area is 239 Å². The van der Waals surface area contributed by atoms with Gasteiger partial charge in [0.25, 0.3) is 0 Å². The molecule has 2 aromatic rings. The van der Waals surface area contributed by atoms with E-state index in [9.17, 15) is 5.11 Å². The number of likely N-dealkylation sites (N-methyl/N-ethyl adjacent to an activating group) is 2. The van der Waals surface area contributed by atoms with Crippen molar-refractivity contribution in [3.8, 4) is 11.5 Å². The van der Waals surface area contributed by atoms with Crippen LogP contribution in [-0.2, 0) is 28.9 Å². The van der Waals surface area contributed by atoms with Crippen LogP contribution in [0.3, 0.4) is 0 Å². The number of hydrogen-bond acceptors (Lipinski definition) is 6. The van der Waals surface area contributed by atoms with E-state index in [1.54, 1.807) is 32.4 Å². The quantitative estimate of drug-likeness (QED) is 0.332. The average Bonchev–Trinajstić information content (AvgIpc) is 2.98. The highest BCUT2D eigenvalue weighted by molar-refractivity contribution is 5.38. The molecule has 2 aromatic carbocycles. The van der Waals surface area contributed by atoms with Crippen LogP contribution in [0.25, 0.3) is 0 Å². The first-order valence-corrected chi connectivity index (χ1v) is 14.6. The fraction of sp³-hybridized carbons (Fsp3) is 0.515. The molecule has 0 amide bonds. The Morgan fingerprint density at radius 1 is 0.925 bits per heavy atom. The number of fused-ring (bicyclic) bond motifs is 1. The number of aromatic hydroxyl groups is 1. The van der Waals surface area contributed by atoms with Gasteiger partial charge in [0, 0.05) is 25.0 Å². The van der Waals surface area contributed by atoms with Crippen LogP contribution in [0.5, 0.6) is 11.5 Å². The van der Waals surface area contributed by atoms with Gasteiger partial charge in [-0.3, -0.25) is 4.90 Å². The highest BCUT2D eigenvalue weighted by atomic mass is 19.1. The number of halogens is 1. The van der Waals surface area contributed by atoms with Crippen molar-refractivity contribution < 1.29 is 23.7 Å². The fourth-order valence-electron chi connectivity index (χ4n) is 6.15. The molecule has 218 valence electrons. The van der Waals surface area contributed by atoms with Crippen molar-refractivity contribution in [1.29, 1.82) is 0 Å². The molecule has 1 N–H and O–H groups in total. The molecule has 0 radical (unpaired) electrons. The molecule has 2 unspecified atom stereocenters. The van der Waals surface area contributed by atoms with E-state index in [2.05, 4.69) is 48.8 Å². The molecule has 40 heavy (non-hydrogen) atoms. The Balaban J connectivity index is 1.52. The van der Waals surface area contributed by atoms with E-state index < -0.39 is 0 Å². The van der Waals surface area contributed by atoms with Crippen molar-refractivity contribution in [3.63, 3.8) is 0 Å². The molecule has 0 aliphatic heterocycles. The lowest BCUT2D eigenvalue weighted by Gasteiger charge is -2.41. The van der Waals surface area contributed by atoms with Crippen LogP contribution < -0.4 is 4.74 Å². The van der Waals surface area contributed by atoms with Crippen molar-refractivity contribution in [2.75, 3.05) is 47.0 Å².